The van der Waals surface area contributed by atoms with Gasteiger partial charge in [0.05, 0.1) is 25.3 Å². The van der Waals surface area contributed by atoms with Crippen molar-refractivity contribution in [3.8, 4) is 0 Å². The highest BCUT2D eigenvalue weighted by Gasteiger charge is 2.38. The molecule has 0 aliphatic heterocycles. The second-order valence-corrected chi connectivity index (χ2v) is 22.4. The molecule has 0 aliphatic rings. The molecule has 1 heterocycles. The van der Waals surface area contributed by atoms with E-state index >= 15 is 0 Å². The third kappa shape index (κ3) is 26.2. The lowest BCUT2D eigenvalue weighted by molar-refractivity contribution is -0.143. The largest absolute Gasteiger partial charge is 0.481 e. The Morgan fingerprint density at radius 3 is 1.35 bits per heavy atom. The first kappa shape index (κ1) is 73.7. The maximum Gasteiger partial charge on any atom is 0.326 e. The molecule has 0 radical (unpaired) electrons. The van der Waals surface area contributed by atoms with E-state index in [2.05, 4.69) is 62.8 Å². The van der Waals surface area contributed by atoms with Crippen LogP contribution in [-0.4, -0.2) is 180 Å². The second-order valence-electron chi connectivity index (χ2n) is 22.4. The van der Waals surface area contributed by atoms with Crippen molar-refractivity contribution >= 4 is 77.0 Å². The number of nitrogens with zero attached hydrogens (tertiary/aromatic N) is 2. The van der Waals surface area contributed by atoms with Crippen molar-refractivity contribution in [3.63, 3.8) is 0 Å². The summed E-state index contributed by atoms with van der Waals surface area (Å²) < 4.78 is 0. The molecule has 31 nitrogen and oxygen atoms in total. The number of aliphatic hydroxyl groups excluding tert-OH is 1. The Morgan fingerprint density at radius 1 is 0.506 bits per heavy atom. The van der Waals surface area contributed by atoms with E-state index < -0.39 is 162 Å². The zero-order valence-corrected chi connectivity index (χ0v) is 50.7. The number of rotatable bonds is 38. The monoisotopic (exact) mass is 1250 g/mol. The Morgan fingerprint density at radius 2 is 0.899 bits per heavy atom. The zero-order chi connectivity index (χ0) is 66.7. The smallest absolute Gasteiger partial charge is 0.326 e. The van der Waals surface area contributed by atoms with E-state index in [0.717, 1.165) is 0 Å². The normalized spacial score (nSPS) is 14.9. The lowest BCUT2D eigenvalue weighted by Crippen LogP contribution is -2.62. The van der Waals surface area contributed by atoms with Crippen LogP contribution in [0.25, 0.3) is 0 Å². The fourth-order valence-corrected chi connectivity index (χ4v) is 8.85. The average molecular weight is 1250 g/mol. The minimum atomic E-state index is -1.95. The molecular formula is C58H85N15O16. The molecule has 11 atom stereocenters. The molecule has 0 fully saturated rings. The fraction of sp³-hybridized carbons (Fsp3) is 0.517. The number of aliphatic carboxylic acids is 3. The number of H-pyrrole nitrogens is 1. The van der Waals surface area contributed by atoms with E-state index in [-0.39, 0.29) is 62.6 Å². The number of nitrogens with one attached hydrogen (secondary N) is 10. The van der Waals surface area contributed by atoms with E-state index in [9.17, 15) is 78.0 Å². The van der Waals surface area contributed by atoms with Gasteiger partial charge in [-0.15, -0.1) is 0 Å². The Bertz CT molecular complexity index is 2910. The summed E-state index contributed by atoms with van der Waals surface area (Å²) in [6.07, 6.45) is -1.39. The highest BCUT2D eigenvalue weighted by Crippen LogP contribution is 2.14. The third-order valence-corrected chi connectivity index (χ3v) is 13.7. The number of carboxylic acid groups (broad SMARTS) is 3. The van der Waals surface area contributed by atoms with Gasteiger partial charge < -0.3 is 90.5 Å². The maximum atomic E-state index is 14.6. The van der Waals surface area contributed by atoms with Gasteiger partial charge in [0.2, 0.25) is 53.2 Å². The molecule has 9 amide bonds. The molecule has 0 saturated heterocycles. The van der Waals surface area contributed by atoms with Crippen LogP contribution in [0.5, 0.6) is 0 Å². The van der Waals surface area contributed by atoms with Crippen molar-refractivity contribution in [2.45, 2.75) is 166 Å². The van der Waals surface area contributed by atoms with Crippen molar-refractivity contribution in [3.05, 3.63) is 90.0 Å². The van der Waals surface area contributed by atoms with E-state index in [0.29, 0.717) is 11.1 Å². The lowest BCUT2D eigenvalue weighted by atomic mass is 9.98. The average Bonchev–Trinajstić information content (AvgIpc) is 4.24. The molecule has 0 unspecified atom stereocenters. The number of hydrogen-bond donors (Lipinski definition) is 17. The van der Waals surface area contributed by atoms with Crippen LogP contribution in [-0.2, 0) is 76.8 Å². The number of benzene rings is 2. The summed E-state index contributed by atoms with van der Waals surface area (Å²) in [6.45, 7) is 10.8. The fourth-order valence-electron chi connectivity index (χ4n) is 8.85. The van der Waals surface area contributed by atoms with Crippen molar-refractivity contribution in [2.24, 2.45) is 39.9 Å². The summed E-state index contributed by atoms with van der Waals surface area (Å²) >= 11 is 0. The van der Waals surface area contributed by atoms with Gasteiger partial charge in [0.15, 0.2) is 5.96 Å². The van der Waals surface area contributed by atoms with E-state index in [1.165, 1.54) is 33.3 Å². The van der Waals surface area contributed by atoms with E-state index in [1.807, 2.05) is 0 Å². The van der Waals surface area contributed by atoms with Crippen LogP contribution in [0.2, 0.25) is 0 Å². The molecular weight excluding hydrogens is 1160 g/mol. The van der Waals surface area contributed by atoms with Crippen molar-refractivity contribution < 1.29 is 78.0 Å². The first-order valence-electron chi connectivity index (χ1n) is 28.8. The number of aromatic amines is 1. The van der Waals surface area contributed by atoms with Gasteiger partial charge in [-0.3, -0.25) is 57.7 Å². The van der Waals surface area contributed by atoms with E-state index in [4.69, 9.17) is 17.2 Å². The van der Waals surface area contributed by atoms with Crippen LogP contribution in [0.4, 0.5) is 0 Å². The Kier molecular flexibility index (Phi) is 30.3. The number of aromatic nitrogens is 2. The number of carbonyl (C=O) groups excluding carboxylic acids is 9. The van der Waals surface area contributed by atoms with Gasteiger partial charge in [0, 0.05) is 37.7 Å². The Labute approximate surface area is 514 Å². The highest BCUT2D eigenvalue weighted by molar-refractivity contribution is 6.00. The minimum Gasteiger partial charge on any atom is -0.481 e. The summed E-state index contributed by atoms with van der Waals surface area (Å²) in [5.41, 5.74) is 18.1. The number of guanidine groups is 1. The van der Waals surface area contributed by atoms with Crippen LogP contribution in [0.1, 0.15) is 97.4 Å². The van der Waals surface area contributed by atoms with Crippen molar-refractivity contribution in [1.82, 2.24) is 57.8 Å². The van der Waals surface area contributed by atoms with Gasteiger partial charge in [-0.05, 0) is 55.1 Å². The van der Waals surface area contributed by atoms with Gasteiger partial charge >= 0.3 is 17.9 Å². The quantitative estimate of drug-likeness (QED) is 0.0154. The zero-order valence-electron chi connectivity index (χ0n) is 50.7. The van der Waals surface area contributed by atoms with Crippen molar-refractivity contribution in [2.75, 3.05) is 6.54 Å². The van der Waals surface area contributed by atoms with Gasteiger partial charge in [0.25, 0.3) is 0 Å². The predicted molar refractivity (Wildman–Crippen MR) is 321 cm³/mol. The molecule has 0 bridgehead atoms. The van der Waals surface area contributed by atoms with Crippen LogP contribution >= 0.6 is 0 Å². The minimum absolute atomic E-state index is 0.00966. The van der Waals surface area contributed by atoms with Crippen molar-refractivity contribution in [1.29, 1.82) is 0 Å². The molecule has 1 aromatic heterocycles. The van der Waals surface area contributed by atoms with Gasteiger partial charge in [-0.25, -0.2) is 9.78 Å². The predicted octanol–water partition coefficient (Wildman–Crippen LogP) is -3.05. The molecule has 0 aliphatic carbocycles. The first-order chi connectivity index (χ1) is 41.9. The third-order valence-electron chi connectivity index (χ3n) is 13.7. The number of aliphatic imine (C=N–C) groups is 1. The SMILES string of the molecule is CC(C)C[C@H](NC(=O)[C@H](Cc1ccccc1)NC(=O)[C@@H](NC(=O)[C@H](Cc1cnc[nH]1)NC(=O)[C@H](CC(=O)O)NC(=O)[C@@H](NC(=O)[C@H](CC(=O)O)NC(=O)[C@@H](N)[C@@H](C)O)C(C)C)C(C)C)C(=O)N[C@@H](CCCN=C(N)N)C(=O)N[C@@H](Cc1ccccc1)C(=O)O. The highest BCUT2D eigenvalue weighted by atomic mass is 16.4. The summed E-state index contributed by atoms with van der Waals surface area (Å²) in [5, 5.41) is 61.6. The number of carbonyl (C=O) groups is 12. The molecule has 2 aromatic carbocycles. The standard InChI is InChI=1S/C58H85N15O16/c1-29(2)21-37(49(80)65-36(19-14-20-63-58(60)61)48(79)71-42(57(88)89)23-34-17-12-9-13-18-34)66-50(81)38(22-33-15-10-8-11-16-33)69-55(86)46(30(3)4)72-52(83)39(24-35-27-62-28-64-35)67-51(82)40(25-43(75)76)70-56(87)47(31(5)6)73-53(84)41(26-44(77)78)68-54(85)45(59)32(7)74/h8-13,15-18,27-32,36-42,45-47,74H,14,19-26,59H2,1-7H3,(H,62,64)(H,65,80)(H,66,81)(H,67,82)(H,68,85)(H,69,86)(H,70,87)(H,71,79)(H,72,83)(H,73,84)(H,75,76)(H,77,78)(H,88,89)(H4,60,61,63)/t32-,36+,37+,38+,39+,40+,41+,42+,45+,46+,47+/m1/s1. The Hall–Kier alpha value is -9.52. The topological polar surface area (TPSA) is 513 Å². The summed E-state index contributed by atoms with van der Waals surface area (Å²) in [7, 11) is 0. The summed E-state index contributed by atoms with van der Waals surface area (Å²) in [4.78, 5) is 173. The van der Waals surface area contributed by atoms with E-state index in [1.54, 1.807) is 88.4 Å². The van der Waals surface area contributed by atoms with Gasteiger partial charge in [0.1, 0.15) is 60.4 Å². The summed E-state index contributed by atoms with van der Waals surface area (Å²) in [6, 6.07) is 1.40. The molecule has 89 heavy (non-hydrogen) atoms. The number of amides is 9. The summed E-state index contributed by atoms with van der Waals surface area (Å²) in [5.74, 6) is -15.6. The van der Waals surface area contributed by atoms with Crippen LogP contribution in [0, 0.1) is 17.8 Å². The number of aliphatic hydroxyl groups is 1. The molecule has 31 heteroatoms. The second kappa shape index (κ2) is 36.6. The Balaban J connectivity index is 1.95. The first-order valence-corrected chi connectivity index (χ1v) is 28.8. The van der Waals surface area contributed by atoms with Crippen LogP contribution in [0.15, 0.2) is 78.2 Å². The lowest BCUT2D eigenvalue weighted by Gasteiger charge is -2.29. The number of carboxylic acids is 3. The van der Waals surface area contributed by atoms with Gasteiger partial charge in [-0.2, -0.15) is 0 Å². The number of nitrogens with two attached hydrogens (primary N) is 3. The maximum absolute atomic E-state index is 14.6. The van der Waals surface area contributed by atoms with Crippen LogP contribution < -0.4 is 65.1 Å². The van der Waals surface area contributed by atoms with Gasteiger partial charge in [-0.1, -0.05) is 102 Å². The molecule has 3 aromatic rings. The molecule has 20 N–H and O–H groups in total. The molecule has 0 saturated carbocycles. The molecule has 488 valence electrons. The number of imidazole rings is 1. The molecule has 3 rings (SSSR count). The van der Waals surface area contributed by atoms with Crippen LogP contribution in [0.3, 0.4) is 0 Å². The molecule has 0 spiro atoms. The number of hydrogen-bond acceptors (Lipinski definition) is 16.